The summed E-state index contributed by atoms with van der Waals surface area (Å²) in [5.74, 6) is -0.497. The fraction of sp³-hybridized carbons (Fsp3) is 0.400. The molecule has 0 aromatic heterocycles. The van der Waals surface area contributed by atoms with Gasteiger partial charge >= 0.3 is 0 Å². The standard InChI is InChI=1S/C5H10N2O/c1-2-3-4(6)5(7)8/h2-4H,6H2,1H3,(H2,7,8)/b3-2-. The Balaban J connectivity index is 3.64. The number of carbonyl (C=O) groups is 1. The zero-order valence-electron chi connectivity index (χ0n) is 4.79. The molecule has 0 fully saturated rings. The Morgan fingerprint density at radius 3 is 2.38 bits per heavy atom. The first-order chi connectivity index (χ1) is 3.68. The molecule has 3 heteroatoms. The number of rotatable bonds is 2. The summed E-state index contributed by atoms with van der Waals surface area (Å²) < 4.78 is 0. The topological polar surface area (TPSA) is 69.1 Å². The summed E-state index contributed by atoms with van der Waals surface area (Å²) in [4.78, 5) is 10.1. The highest BCUT2D eigenvalue weighted by atomic mass is 16.1. The number of amides is 1. The van der Waals surface area contributed by atoms with Gasteiger partial charge in [0.15, 0.2) is 0 Å². The van der Waals surface area contributed by atoms with Crippen LogP contribution in [0, 0.1) is 0 Å². The minimum atomic E-state index is -0.625. The van der Waals surface area contributed by atoms with Gasteiger partial charge in [-0.15, -0.1) is 0 Å². The minimum Gasteiger partial charge on any atom is -0.368 e. The predicted molar refractivity (Wildman–Crippen MR) is 32.0 cm³/mol. The summed E-state index contributed by atoms with van der Waals surface area (Å²) in [5, 5.41) is 0. The maximum absolute atomic E-state index is 10.1. The van der Waals surface area contributed by atoms with Gasteiger partial charge in [0.05, 0.1) is 0 Å². The largest absolute Gasteiger partial charge is 0.368 e. The van der Waals surface area contributed by atoms with Crippen LogP contribution in [0.3, 0.4) is 0 Å². The van der Waals surface area contributed by atoms with Gasteiger partial charge in [-0.3, -0.25) is 4.79 Å². The van der Waals surface area contributed by atoms with Gasteiger partial charge < -0.3 is 11.5 Å². The number of hydrogen-bond donors (Lipinski definition) is 2. The molecule has 0 aliphatic rings. The highest BCUT2D eigenvalue weighted by molar-refractivity contribution is 5.81. The highest BCUT2D eigenvalue weighted by Crippen LogP contribution is 1.77. The van der Waals surface area contributed by atoms with E-state index in [-0.39, 0.29) is 0 Å². The third kappa shape index (κ3) is 2.36. The molecule has 0 bridgehead atoms. The van der Waals surface area contributed by atoms with Crippen molar-refractivity contribution < 1.29 is 4.79 Å². The summed E-state index contributed by atoms with van der Waals surface area (Å²) in [7, 11) is 0. The highest BCUT2D eigenvalue weighted by Gasteiger charge is 2.00. The Kier molecular flexibility index (Phi) is 2.88. The molecule has 0 aromatic carbocycles. The van der Waals surface area contributed by atoms with Crippen molar-refractivity contribution in [3.8, 4) is 0 Å². The molecular formula is C5H10N2O. The van der Waals surface area contributed by atoms with E-state index in [0.717, 1.165) is 0 Å². The fourth-order valence-electron chi connectivity index (χ4n) is 0.302. The van der Waals surface area contributed by atoms with Gasteiger partial charge in [-0.25, -0.2) is 0 Å². The number of carbonyl (C=O) groups excluding carboxylic acids is 1. The maximum atomic E-state index is 10.1. The average Bonchev–Trinajstić information content (AvgIpc) is 1.67. The Morgan fingerprint density at radius 1 is 1.75 bits per heavy atom. The molecule has 3 nitrogen and oxygen atoms in total. The number of nitrogens with two attached hydrogens (primary N) is 2. The predicted octanol–water partition coefficient (Wildman–Crippen LogP) is -0.625. The molecule has 1 unspecified atom stereocenters. The first-order valence-corrected chi connectivity index (χ1v) is 2.36. The smallest absolute Gasteiger partial charge is 0.238 e. The van der Waals surface area contributed by atoms with Crippen molar-refractivity contribution in [2.75, 3.05) is 0 Å². The lowest BCUT2D eigenvalue weighted by atomic mass is 10.3. The molecule has 0 aliphatic heterocycles. The van der Waals surface area contributed by atoms with Gasteiger partial charge in [0, 0.05) is 0 Å². The van der Waals surface area contributed by atoms with Crippen molar-refractivity contribution in [3.05, 3.63) is 12.2 Å². The summed E-state index contributed by atoms with van der Waals surface area (Å²) >= 11 is 0. The fourth-order valence-corrected chi connectivity index (χ4v) is 0.302. The second-order valence-electron chi connectivity index (χ2n) is 1.45. The Morgan fingerprint density at radius 2 is 2.25 bits per heavy atom. The first kappa shape index (κ1) is 7.17. The van der Waals surface area contributed by atoms with Crippen LogP contribution in [-0.4, -0.2) is 11.9 Å². The molecule has 46 valence electrons. The minimum absolute atomic E-state index is 0.497. The van der Waals surface area contributed by atoms with Crippen LogP contribution in [0.25, 0.3) is 0 Å². The molecular weight excluding hydrogens is 104 g/mol. The van der Waals surface area contributed by atoms with Gasteiger partial charge in [0.25, 0.3) is 0 Å². The molecule has 0 rings (SSSR count). The zero-order valence-corrected chi connectivity index (χ0v) is 4.79. The van der Waals surface area contributed by atoms with Crippen molar-refractivity contribution >= 4 is 5.91 Å². The van der Waals surface area contributed by atoms with Crippen LogP contribution in [0.1, 0.15) is 6.92 Å². The summed E-state index contributed by atoms with van der Waals surface area (Å²) in [6.45, 7) is 1.78. The Hall–Kier alpha value is -0.830. The van der Waals surface area contributed by atoms with Gasteiger partial charge in [0.2, 0.25) is 5.91 Å². The number of allylic oxidation sites excluding steroid dienone is 1. The third-order valence-electron chi connectivity index (χ3n) is 0.728. The molecule has 1 amide bonds. The van der Waals surface area contributed by atoms with Gasteiger partial charge in [-0.1, -0.05) is 12.2 Å². The quantitative estimate of drug-likeness (QED) is 0.469. The van der Waals surface area contributed by atoms with E-state index in [1.54, 1.807) is 19.1 Å². The van der Waals surface area contributed by atoms with Crippen LogP contribution in [0.15, 0.2) is 12.2 Å². The number of primary amides is 1. The molecule has 0 spiro atoms. The molecule has 0 aromatic rings. The van der Waals surface area contributed by atoms with Gasteiger partial charge in [0.1, 0.15) is 6.04 Å². The van der Waals surface area contributed by atoms with Crippen LogP contribution in [0.5, 0.6) is 0 Å². The van der Waals surface area contributed by atoms with E-state index in [0.29, 0.717) is 0 Å². The monoisotopic (exact) mass is 114 g/mol. The van der Waals surface area contributed by atoms with Gasteiger partial charge in [-0.2, -0.15) is 0 Å². The first-order valence-electron chi connectivity index (χ1n) is 2.36. The Bertz CT molecular complexity index is 109. The van der Waals surface area contributed by atoms with Crippen molar-refractivity contribution in [3.63, 3.8) is 0 Å². The lowest BCUT2D eigenvalue weighted by Gasteiger charge is -1.95. The SMILES string of the molecule is C/C=C\C(N)C(N)=O. The van der Waals surface area contributed by atoms with Crippen LogP contribution in [0.2, 0.25) is 0 Å². The zero-order chi connectivity index (χ0) is 6.57. The molecule has 0 radical (unpaired) electrons. The lowest BCUT2D eigenvalue weighted by Crippen LogP contribution is -2.34. The van der Waals surface area contributed by atoms with Crippen molar-refractivity contribution in [1.29, 1.82) is 0 Å². The van der Waals surface area contributed by atoms with E-state index in [1.165, 1.54) is 0 Å². The van der Waals surface area contributed by atoms with E-state index in [2.05, 4.69) is 0 Å². The van der Waals surface area contributed by atoms with Crippen LogP contribution in [-0.2, 0) is 4.79 Å². The second kappa shape index (κ2) is 3.21. The maximum Gasteiger partial charge on any atom is 0.238 e. The third-order valence-corrected chi connectivity index (χ3v) is 0.728. The van der Waals surface area contributed by atoms with Crippen LogP contribution < -0.4 is 11.5 Å². The lowest BCUT2D eigenvalue weighted by molar-refractivity contribution is -0.118. The van der Waals surface area contributed by atoms with E-state index in [1.807, 2.05) is 0 Å². The van der Waals surface area contributed by atoms with Crippen molar-refractivity contribution in [1.82, 2.24) is 0 Å². The molecule has 0 saturated carbocycles. The molecule has 0 heterocycles. The number of hydrogen-bond acceptors (Lipinski definition) is 2. The van der Waals surface area contributed by atoms with E-state index in [4.69, 9.17) is 11.5 Å². The van der Waals surface area contributed by atoms with Crippen molar-refractivity contribution in [2.45, 2.75) is 13.0 Å². The second-order valence-corrected chi connectivity index (χ2v) is 1.45. The summed E-state index contributed by atoms with van der Waals surface area (Å²) in [5.41, 5.74) is 9.97. The molecule has 4 N–H and O–H groups in total. The van der Waals surface area contributed by atoms with Crippen LogP contribution >= 0.6 is 0 Å². The van der Waals surface area contributed by atoms with Crippen LogP contribution in [0.4, 0.5) is 0 Å². The summed E-state index contributed by atoms with van der Waals surface area (Å²) in [6.07, 6.45) is 3.23. The van der Waals surface area contributed by atoms with Crippen molar-refractivity contribution in [2.24, 2.45) is 11.5 Å². The normalized spacial score (nSPS) is 14.2. The Labute approximate surface area is 48.4 Å². The van der Waals surface area contributed by atoms with E-state index < -0.39 is 11.9 Å². The molecule has 0 aliphatic carbocycles. The van der Waals surface area contributed by atoms with Gasteiger partial charge in [-0.05, 0) is 6.92 Å². The molecule has 1 atom stereocenters. The van der Waals surface area contributed by atoms with E-state index in [9.17, 15) is 4.79 Å². The van der Waals surface area contributed by atoms with E-state index >= 15 is 0 Å². The molecule has 8 heavy (non-hydrogen) atoms. The summed E-state index contributed by atoms with van der Waals surface area (Å²) in [6, 6.07) is -0.625. The average molecular weight is 114 g/mol. The molecule has 0 saturated heterocycles.